The first-order valence-electron chi connectivity index (χ1n) is 14.6. The monoisotopic (exact) mass is 550 g/mol. The average Bonchev–Trinajstić information content (AvgIpc) is 2.68. The van der Waals surface area contributed by atoms with Crippen molar-refractivity contribution in [2.45, 2.75) is 157 Å². The van der Waals surface area contributed by atoms with Gasteiger partial charge in [-0.1, -0.05) is 149 Å². The molecule has 0 saturated carbocycles. The van der Waals surface area contributed by atoms with Crippen molar-refractivity contribution in [3.8, 4) is 0 Å². The second kappa shape index (κ2) is 10.6. The van der Waals surface area contributed by atoms with Crippen molar-refractivity contribution in [2.75, 3.05) is 0 Å². The fourth-order valence-electron chi connectivity index (χ4n) is 4.72. The van der Waals surface area contributed by atoms with Gasteiger partial charge in [0.2, 0.25) is 0 Å². The van der Waals surface area contributed by atoms with E-state index in [4.69, 9.17) is 8.73 Å². The van der Waals surface area contributed by atoms with Crippen LogP contribution >= 0.6 is 0 Å². The molecule has 0 aliphatic rings. The summed E-state index contributed by atoms with van der Waals surface area (Å²) in [5, 5.41) is 0. The molecule has 39 heavy (non-hydrogen) atoms. The molecule has 0 atom stereocenters. The highest BCUT2D eigenvalue weighted by molar-refractivity contribution is 7.57. The van der Waals surface area contributed by atoms with Crippen molar-refractivity contribution >= 4 is 22.7 Å². The zero-order chi connectivity index (χ0) is 30.6. The minimum absolute atomic E-state index is 0.0395. The van der Waals surface area contributed by atoms with Crippen LogP contribution in [0.3, 0.4) is 0 Å². The molecule has 0 N–H and O–H groups in total. The fourth-order valence-corrected chi connectivity index (χ4v) is 5.32. The van der Waals surface area contributed by atoms with E-state index in [1.807, 2.05) is 0 Å². The molecule has 0 radical (unpaired) electrons. The van der Waals surface area contributed by atoms with Gasteiger partial charge in [0, 0.05) is 0 Å². The molecule has 2 aromatic rings. The van der Waals surface area contributed by atoms with Gasteiger partial charge in [-0.15, -0.1) is 0 Å². The summed E-state index contributed by atoms with van der Waals surface area (Å²) >= 11 is 1.36. The quantitative estimate of drug-likeness (QED) is 0.355. The minimum atomic E-state index is -0.0395. The van der Waals surface area contributed by atoms with E-state index in [0.717, 1.165) is 11.4 Å². The minimum Gasteiger partial charge on any atom is -0.175 e. The van der Waals surface area contributed by atoms with Crippen LogP contribution in [-0.4, -0.2) is 0 Å². The number of benzene rings is 2. The molecule has 0 saturated heterocycles. The number of nitrogens with zero attached hydrogens (tertiary/aromatic N) is 2. The van der Waals surface area contributed by atoms with Gasteiger partial charge in [0.1, 0.15) is 0 Å². The lowest BCUT2D eigenvalue weighted by Crippen LogP contribution is -2.21. The summed E-state index contributed by atoms with van der Waals surface area (Å²) in [6.45, 7) is 41.3. The highest BCUT2D eigenvalue weighted by atomic mass is 32.1. The molecule has 0 aliphatic heterocycles. The van der Waals surface area contributed by atoms with Gasteiger partial charge in [-0.3, -0.25) is 0 Å². The molecule has 0 unspecified atom stereocenters. The number of rotatable bonds is 2. The van der Waals surface area contributed by atoms with Crippen LogP contribution < -0.4 is 0 Å². The van der Waals surface area contributed by atoms with Crippen LogP contribution in [0.1, 0.15) is 158 Å². The van der Waals surface area contributed by atoms with Crippen LogP contribution in [0.4, 0.5) is 11.4 Å². The van der Waals surface area contributed by atoms with E-state index >= 15 is 0 Å². The molecule has 0 bridgehead atoms. The van der Waals surface area contributed by atoms with Gasteiger partial charge in [-0.05, 0) is 65.9 Å². The molecule has 2 aromatic carbocycles. The predicted octanol–water partition coefficient (Wildman–Crippen LogP) is 11.9. The van der Waals surface area contributed by atoms with Crippen LogP contribution in [0, 0.1) is 0 Å². The van der Waals surface area contributed by atoms with E-state index in [-0.39, 0.29) is 32.5 Å². The van der Waals surface area contributed by atoms with Gasteiger partial charge in [0.25, 0.3) is 0 Å². The molecule has 0 fully saturated rings. The van der Waals surface area contributed by atoms with E-state index in [9.17, 15) is 0 Å². The summed E-state index contributed by atoms with van der Waals surface area (Å²) in [7, 11) is 0. The van der Waals surface area contributed by atoms with Crippen molar-refractivity contribution in [2.24, 2.45) is 8.73 Å². The molecule has 0 aromatic heterocycles. The standard InChI is InChI=1S/C36H58N2S/c1-31(2,3)23-19-25(33(7,8)9)29(26(20-23)34(10,11)12)37-39-38-30-27(35(13,14)15)21-24(32(4,5)6)22-28(30)36(16,17)18/h19-22H,1-18H3. The molecule has 2 rings (SSSR count). The summed E-state index contributed by atoms with van der Waals surface area (Å²) in [6.07, 6.45) is 0. The SMILES string of the molecule is CC(C)(C)c1cc(C(C)(C)C)c(N=S=Nc2c(C(C)(C)C)cc(C(C)(C)C)cc2C(C)(C)C)c(C(C)(C)C)c1. The molecule has 2 nitrogen and oxygen atoms in total. The second-order valence-corrected chi connectivity index (χ2v) is 18.1. The summed E-state index contributed by atoms with van der Waals surface area (Å²) in [4.78, 5) is 0. The van der Waals surface area contributed by atoms with Gasteiger partial charge in [0.05, 0.1) is 22.7 Å². The van der Waals surface area contributed by atoms with E-state index < -0.39 is 0 Å². The van der Waals surface area contributed by atoms with Crippen LogP contribution in [-0.2, 0) is 43.8 Å². The summed E-state index contributed by atoms with van der Waals surface area (Å²) in [6, 6.07) is 9.53. The topological polar surface area (TPSA) is 24.7 Å². The van der Waals surface area contributed by atoms with Crippen molar-refractivity contribution in [1.29, 1.82) is 0 Å². The van der Waals surface area contributed by atoms with Crippen molar-refractivity contribution < 1.29 is 0 Å². The lowest BCUT2D eigenvalue weighted by Gasteiger charge is -2.32. The smallest absolute Gasteiger partial charge is 0.0850 e. The molecule has 0 heterocycles. The van der Waals surface area contributed by atoms with Gasteiger partial charge < -0.3 is 0 Å². The van der Waals surface area contributed by atoms with Crippen LogP contribution in [0.2, 0.25) is 0 Å². The predicted molar refractivity (Wildman–Crippen MR) is 177 cm³/mol. The maximum Gasteiger partial charge on any atom is 0.0850 e. The molecule has 0 aliphatic carbocycles. The zero-order valence-electron chi connectivity index (χ0n) is 28.6. The Bertz CT molecular complexity index is 1090. The molecular formula is C36H58N2S. The first kappa shape index (κ1) is 33.5. The lowest BCUT2D eigenvalue weighted by molar-refractivity contribution is 0.549. The first-order valence-corrected chi connectivity index (χ1v) is 15.4. The third kappa shape index (κ3) is 8.15. The summed E-state index contributed by atoms with van der Waals surface area (Å²) in [5.74, 6) is 0. The first-order chi connectivity index (χ1) is 17.1. The maximum absolute atomic E-state index is 5.23. The summed E-state index contributed by atoms with van der Waals surface area (Å²) in [5.41, 5.74) is 10.0. The molecule has 0 spiro atoms. The fraction of sp³-hybridized carbons (Fsp3) is 0.667. The largest absolute Gasteiger partial charge is 0.175 e. The lowest BCUT2D eigenvalue weighted by atomic mass is 9.74. The van der Waals surface area contributed by atoms with Gasteiger partial charge in [-0.2, -0.15) is 8.73 Å². The van der Waals surface area contributed by atoms with Crippen LogP contribution in [0.15, 0.2) is 33.0 Å². The molecule has 0 amide bonds. The second-order valence-electron chi connectivity index (χ2n) is 17.6. The zero-order valence-corrected chi connectivity index (χ0v) is 29.4. The molecule has 3 heteroatoms. The average molecular weight is 551 g/mol. The Kier molecular flexibility index (Phi) is 9.08. The number of hydrogen-bond donors (Lipinski definition) is 0. The Balaban J connectivity index is 3.02. The highest BCUT2D eigenvalue weighted by Crippen LogP contribution is 2.45. The van der Waals surface area contributed by atoms with E-state index in [2.05, 4.69) is 149 Å². The molecule has 218 valence electrons. The Morgan fingerprint density at radius 2 is 0.564 bits per heavy atom. The number of hydrogen-bond acceptors (Lipinski definition) is 2. The Morgan fingerprint density at radius 1 is 0.359 bits per heavy atom. The van der Waals surface area contributed by atoms with E-state index in [1.54, 1.807) is 0 Å². The maximum atomic E-state index is 5.23. The van der Waals surface area contributed by atoms with Gasteiger partial charge in [-0.25, -0.2) is 0 Å². The Labute approximate surface area is 245 Å². The molecular weight excluding hydrogens is 492 g/mol. The van der Waals surface area contributed by atoms with Crippen molar-refractivity contribution in [3.05, 3.63) is 57.6 Å². The normalized spacial score (nSPS) is 13.9. The van der Waals surface area contributed by atoms with Crippen molar-refractivity contribution in [1.82, 2.24) is 0 Å². The Hall–Kier alpha value is -1.74. The van der Waals surface area contributed by atoms with Crippen LogP contribution in [0.5, 0.6) is 0 Å². The summed E-state index contributed by atoms with van der Waals surface area (Å²) < 4.78 is 10.5. The van der Waals surface area contributed by atoms with Gasteiger partial charge in [0.15, 0.2) is 0 Å². The third-order valence-electron chi connectivity index (χ3n) is 7.45. The van der Waals surface area contributed by atoms with Crippen molar-refractivity contribution in [3.63, 3.8) is 0 Å². The van der Waals surface area contributed by atoms with Crippen LogP contribution in [0.25, 0.3) is 0 Å². The third-order valence-corrected chi connectivity index (χ3v) is 7.98. The van der Waals surface area contributed by atoms with E-state index in [0.29, 0.717) is 0 Å². The van der Waals surface area contributed by atoms with Gasteiger partial charge >= 0.3 is 0 Å². The van der Waals surface area contributed by atoms with E-state index in [1.165, 1.54) is 44.7 Å². The Morgan fingerprint density at radius 3 is 0.718 bits per heavy atom. The highest BCUT2D eigenvalue weighted by Gasteiger charge is 2.31.